The second-order valence-corrected chi connectivity index (χ2v) is 5.80. The van der Waals surface area contributed by atoms with Crippen molar-refractivity contribution < 1.29 is 14.3 Å². The second-order valence-electron chi connectivity index (χ2n) is 4.76. The first-order chi connectivity index (χ1) is 10.0. The third-order valence-corrected chi connectivity index (χ3v) is 3.93. The van der Waals surface area contributed by atoms with Gasteiger partial charge in [0.25, 0.3) is 5.91 Å². The lowest BCUT2D eigenvalue weighted by atomic mass is 10.1. The molecule has 0 radical (unpaired) electrons. The maximum absolute atomic E-state index is 11.7. The molecule has 1 aromatic carbocycles. The number of esters is 1. The van der Waals surface area contributed by atoms with Crippen molar-refractivity contribution in [2.45, 2.75) is 20.3 Å². The number of amides is 1. The van der Waals surface area contributed by atoms with Crippen LogP contribution in [0.2, 0.25) is 0 Å². The Balaban J connectivity index is 1.79. The number of carbonyl (C=O) groups is 2. The zero-order valence-corrected chi connectivity index (χ0v) is 12.8. The van der Waals surface area contributed by atoms with Crippen molar-refractivity contribution in [2.75, 3.05) is 11.9 Å². The molecule has 5 heteroatoms. The number of thiophene rings is 1. The van der Waals surface area contributed by atoms with Gasteiger partial charge < -0.3 is 10.1 Å². The average molecular weight is 303 g/mol. The molecular weight excluding hydrogens is 286 g/mol. The van der Waals surface area contributed by atoms with Gasteiger partial charge in [-0.2, -0.15) is 0 Å². The normalized spacial score (nSPS) is 10.2. The fraction of sp³-hybridized carbons (Fsp3) is 0.250. The van der Waals surface area contributed by atoms with Gasteiger partial charge in [-0.3, -0.25) is 9.59 Å². The average Bonchev–Trinajstić information content (AvgIpc) is 2.93. The zero-order chi connectivity index (χ0) is 15.2. The molecule has 1 heterocycles. The van der Waals surface area contributed by atoms with E-state index in [2.05, 4.69) is 5.32 Å². The first-order valence-electron chi connectivity index (χ1n) is 6.59. The van der Waals surface area contributed by atoms with Crippen LogP contribution >= 0.6 is 11.3 Å². The molecule has 0 spiro atoms. The Morgan fingerprint density at radius 3 is 2.67 bits per heavy atom. The summed E-state index contributed by atoms with van der Waals surface area (Å²) in [5, 5.41) is 4.61. The van der Waals surface area contributed by atoms with E-state index in [-0.39, 0.29) is 18.9 Å². The quantitative estimate of drug-likeness (QED) is 0.864. The highest BCUT2D eigenvalue weighted by molar-refractivity contribution is 7.10. The summed E-state index contributed by atoms with van der Waals surface area (Å²) < 4.78 is 4.96. The number of benzene rings is 1. The molecule has 0 aliphatic rings. The molecule has 0 unspecified atom stereocenters. The molecule has 0 saturated heterocycles. The Morgan fingerprint density at radius 1 is 1.19 bits per heavy atom. The van der Waals surface area contributed by atoms with Crippen LogP contribution in [-0.2, 0) is 20.7 Å². The van der Waals surface area contributed by atoms with Crippen LogP contribution in [0.5, 0.6) is 0 Å². The summed E-state index contributed by atoms with van der Waals surface area (Å²) in [6.45, 7) is 3.72. The standard InChI is InChI=1S/C16H17NO3S/c1-11-5-6-13(8-12(11)2)17-15(18)10-20-16(19)9-14-4-3-7-21-14/h3-8H,9-10H2,1-2H3,(H,17,18). The van der Waals surface area contributed by atoms with Gasteiger partial charge >= 0.3 is 5.97 Å². The number of aryl methyl sites for hydroxylation is 2. The molecule has 2 rings (SSSR count). The summed E-state index contributed by atoms with van der Waals surface area (Å²) in [6.07, 6.45) is 0.203. The van der Waals surface area contributed by atoms with Crippen LogP contribution in [0.25, 0.3) is 0 Å². The van der Waals surface area contributed by atoms with Crippen LogP contribution in [0, 0.1) is 13.8 Å². The summed E-state index contributed by atoms with van der Waals surface area (Å²) in [4.78, 5) is 24.2. The highest BCUT2D eigenvalue weighted by atomic mass is 32.1. The van der Waals surface area contributed by atoms with Crippen molar-refractivity contribution in [3.8, 4) is 0 Å². The van der Waals surface area contributed by atoms with Gasteiger partial charge in [-0.15, -0.1) is 11.3 Å². The number of rotatable bonds is 5. The van der Waals surface area contributed by atoms with Gasteiger partial charge in [0.15, 0.2) is 6.61 Å². The maximum atomic E-state index is 11.7. The lowest BCUT2D eigenvalue weighted by Crippen LogP contribution is -2.21. The molecule has 0 aliphatic carbocycles. The molecule has 1 aromatic heterocycles. The molecule has 2 aromatic rings. The number of ether oxygens (including phenoxy) is 1. The predicted molar refractivity (Wildman–Crippen MR) is 83.5 cm³/mol. The Morgan fingerprint density at radius 2 is 2.00 bits per heavy atom. The third kappa shape index (κ3) is 4.72. The van der Waals surface area contributed by atoms with E-state index in [4.69, 9.17) is 4.74 Å². The van der Waals surface area contributed by atoms with E-state index in [1.807, 2.05) is 49.6 Å². The minimum atomic E-state index is -0.396. The molecule has 1 amide bonds. The number of anilines is 1. The van der Waals surface area contributed by atoms with Crippen molar-refractivity contribution in [1.82, 2.24) is 0 Å². The molecule has 21 heavy (non-hydrogen) atoms. The topological polar surface area (TPSA) is 55.4 Å². The lowest BCUT2D eigenvalue weighted by molar-refractivity contribution is -0.146. The summed E-state index contributed by atoms with van der Waals surface area (Å²) in [5.74, 6) is -0.731. The van der Waals surface area contributed by atoms with Crippen LogP contribution in [0.3, 0.4) is 0 Å². The number of nitrogens with one attached hydrogen (secondary N) is 1. The molecule has 0 saturated carbocycles. The van der Waals surface area contributed by atoms with E-state index in [1.54, 1.807) is 0 Å². The van der Waals surface area contributed by atoms with Crippen LogP contribution in [0.4, 0.5) is 5.69 Å². The minimum Gasteiger partial charge on any atom is -0.455 e. The van der Waals surface area contributed by atoms with Gasteiger partial charge in [0.2, 0.25) is 0 Å². The van der Waals surface area contributed by atoms with E-state index in [9.17, 15) is 9.59 Å². The smallest absolute Gasteiger partial charge is 0.311 e. The fourth-order valence-corrected chi connectivity index (χ4v) is 2.46. The van der Waals surface area contributed by atoms with Gasteiger partial charge in [0, 0.05) is 10.6 Å². The Labute approximate surface area is 127 Å². The van der Waals surface area contributed by atoms with Crippen LogP contribution < -0.4 is 5.32 Å². The molecule has 110 valence electrons. The Bertz CT molecular complexity index is 635. The van der Waals surface area contributed by atoms with E-state index in [0.29, 0.717) is 5.69 Å². The summed E-state index contributed by atoms with van der Waals surface area (Å²) >= 11 is 1.49. The van der Waals surface area contributed by atoms with Crippen molar-refractivity contribution >= 4 is 28.9 Å². The van der Waals surface area contributed by atoms with Gasteiger partial charge in [-0.05, 0) is 48.6 Å². The molecule has 4 nitrogen and oxygen atoms in total. The van der Waals surface area contributed by atoms with Crippen molar-refractivity contribution in [2.24, 2.45) is 0 Å². The van der Waals surface area contributed by atoms with Crippen LogP contribution in [0.1, 0.15) is 16.0 Å². The van der Waals surface area contributed by atoms with Gasteiger partial charge in [0.05, 0.1) is 6.42 Å². The first kappa shape index (κ1) is 15.3. The molecule has 1 N–H and O–H groups in total. The first-order valence-corrected chi connectivity index (χ1v) is 7.47. The fourth-order valence-electron chi connectivity index (χ4n) is 1.77. The van der Waals surface area contributed by atoms with E-state index in [0.717, 1.165) is 16.0 Å². The number of hydrogen-bond acceptors (Lipinski definition) is 4. The Hall–Kier alpha value is -2.14. The molecular formula is C16H17NO3S. The van der Waals surface area contributed by atoms with Crippen molar-refractivity contribution in [3.63, 3.8) is 0 Å². The van der Waals surface area contributed by atoms with Crippen LogP contribution in [0.15, 0.2) is 35.7 Å². The molecule has 0 fully saturated rings. The molecule has 0 atom stereocenters. The van der Waals surface area contributed by atoms with E-state index in [1.165, 1.54) is 11.3 Å². The minimum absolute atomic E-state index is 0.203. The SMILES string of the molecule is Cc1ccc(NC(=O)COC(=O)Cc2cccs2)cc1C. The van der Waals surface area contributed by atoms with Gasteiger partial charge in [-0.1, -0.05) is 12.1 Å². The van der Waals surface area contributed by atoms with Crippen LogP contribution in [-0.4, -0.2) is 18.5 Å². The monoisotopic (exact) mass is 303 g/mol. The largest absolute Gasteiger partial charge is 0.455 e. The van der Waals surface area contributed by atoms with Crippen molar-refractivity contribution in [3.05, 3.63) is 51.7 Å². The summed E-state index contributed by atoms with van der Waals surface area (Å²) in [7, 11) is 0. The number of hydrogen-bond donors (Lipinski definition) is 1. The van der Waals surface area contributed by atoms with Gasteiger partial charge in [-0.25, -0.2) is 0 Å². The summed E-state index contributed by atoms with van der Waals surface area (Å²) in [5.41, 5.74) is 2.97. The Kier molecular flexibility index (Phi) is 5.11. The third-order valence-electron chi connectivity index (χ3n) is 3.05. The number of carbonyl (C=O) groups excluding carboxylic acids is 2. The van der Waals surface area contributed by atoms with Crippen molar-refractivity contribution in [1.29, 1.82) is 0 Å². The van der Waals surface area contributed by atoms with E-state index < -0.39 is 5.97 Å². The predicted octanol–water partition coefficient (Wildman–Crippen LogP) is 3.09. The van der Waals surface area contributed by atoms with E-state index >= 15 is 0 Å². The molecule has 0 aliphatic heterocycles. The highest BCUT2D eigenvalue weighted by Gasteiger charge is 2.09. The van der Waals surface area contributed by atoms with Gasteiger partial charge in [0.1, 0.15) is 0 Å². The maximum Gasteiger partial charge on any atom is 0.311 e. The zero-order valence-electron chi connectivity index (χ0n) is 12.0. The molecule has 0 bridgehead atoms. The summed E-state index contributed by atoms with van der Waals surface area (Å²) in [6, 6.07) is 9.39. The lowest BCUT2D eigenvalue weighted by Gasteiger charge is -2.08. The highest BCUT2D eigenvalue weighted by Crippen LogP contribution is 2.14. The second kappa shape index (κ2) is 7.04.